The number of H-pyrrole nitrogens is 1. The second-order valence-electron chi connectivity index (χ2n) is 7.12. The zero-order chi connectivity index (χ0) is 16.1. The van der Waals surface area contributed by atoms with E-state index in [4.69, 9.17) is 0 Å². The molecule has 0 radical (unpaired) electrons. The van der Waals surface area contributed by atoms with Crippen LogP contribution in [0.3, 0.4) is 0 Å². The fourth-order valence-electron chi connectivity index (χ4n) is 4.25. The maximum atomic E-state index is 4.37. The summed E-state index contributed by atoms with van der Waals surface area (Å²) in [5.74, 6) is 0.799. The number of benzene rings is 1. The molecule has 1 saturated heterocycles. The Labute approximate surface area is 141 Å². The number of pyridine rings is 1. The maximum absolute atomic E-state index is 4.37. The minimum Gasteiger partial charge on any atom is -0.358 e. The van der Waals surface area contributed by atoms with Crippen LogP contribution in [0.2, 0.25) is 0 Å². The van der Waals surface area contributed by atoms with Crippen molar-refractivity contribution in [1.29, 1.82) is 0 Å². The zero-order valence-corrected chi connectivity index (χ0v) is 13.8. The van der Waals surface area contributed by atoms with Crippen LogP contribution in [0.1, 0.15) is 40.5 Å². The number of fused-ring (bicyclic) bond motifs is 6. The second kappa shape index (κ2) is 5.32. The van der Waals surface area contributed by atoms with Gasteiger partial charge in [-0.3, -0.25) is 4.98 Å². The normalized spacial score (nSPS) is 22.4. The van der Waals surface area contributed by atoms with Gasteiger partial charge in [0.2, 0.25) is 0 Å². The molecule has 0 spiro atoms. The van der Waals surface area contributed by atoms with E-state index in [2.05, 4.69) is 57.8 Å². The van der Waals surface area contributed by atoms with Crippen molar-refractivity contribution >= 4 is 23.1 Å². The molecule has 3 nitrogen and oxygen atoms in total. The minimum atomic E-state index is 0.535. The number of para-hydroxylation sites is 1. The third-order valence-electron chi connectivity index (χ3n) is 5.44. The monoisotopic (exact) mass is 315 g/mol. The van der Waals surface area contributed by atoms with Crippen molar-refractivity contribution in [2.75, 3.05) is 6.54 Å². The molecule has 2 unspecified atom stereocenters. The minimum absolute atomic E-state index is 0.535. The van der Waals surface area contributed by atoms with Crippen molar-refractivity contribution in [3.8, 4) is 0 Å². The van der Waals surface area contributed by atoms with Crippen LogP contribution in [0.15, 0.2) is 36.5 Å². The van der Waals surface area contributed by atoms with E-state index in [0.717, 1.165) is 23.7 Å². The smallest absolute Gasteiger partial charge is 0.0533 e. The van der Waals surface area contributed by atoms with E-state index in [9.17, 15) is 0 Å². The predicted octanol–water partition coefficient (Wildman–Crippen LogP) is 4.25. The Morgan fingerprint density at radius 3 is 3.00 bits per heavy atom. The van der Waals surface area contributed by atoms with Crippen molar-refractivity contribution in [3.63, 3.8) is 0 Å². The fraction of sp³-hybridized carbons (Fsp3) is 0.286. The predicted molar refractivity (Wildman–Crippen MR) is 98.8 cm³/mol. The lowest BCUT2D eigenvalue weighted by molar-refractivity contribution is 0.523. The van der Waals surface area contributed by atoms with Gasteiger partial charge in [-0.25, -0.2) is 0 Å². The van der Waals surface area contributed by atoms with Crippen LogP contribution in [-0.2, 0) is 6.42 Å². The van der Waals surface area contributed by atoms with Gasteiger partial charge in [0.25, 0.3) is 0 Å². The van der Waals surface area contributed by atoms with Crippen LogP contribution in [0.25, 0.3) is 23.1 Å². The molecule has 2 N–H and O–H groups in total. The van der Waals surface area contributed by atoms with Gasteiger partial charge in [0, 0.05) is 29.0 Å². The number of aryl methyl sites for hydroxylation is 1. The number of nitrogens with zero attached hydrogens (tertiary/aromatic N) is 1. The van der Waals surface area contributed by atoms with Crippen molar-refractivity contribution < 1.29 is 0 Å². The molecule has 1 aliphatic heterocycles. The molecule has 1 aliphatic carbocycles. The highest BCUT2D eigenvalue weighted by atomic mass is 15.0. The average molecular weight is 315 g/mol. The van der Waals surface area contributed by atoms with E-state index >= 15 is 0 Å². The first-order valence-electron chi connectivity index (χ1n) is 8.75. The average Bonchev–Trinajstić information content (AvgIpc) is 3.16. The molecule has 2 atom stereocenters. The number of rotatable bonds is 2. The van der Waals surface area contributed by atoms with Crippen molar-refractivity contribution in [2.24, 2.45) is 5.92 Å². The van der Waals surface area contributed by atoms with Crippen LogP contribution >= 0.6 is 0 Å². The van der Waals surface area contributed by atoms with Crippen molar-refractivity contribution in [1.82, 2.24) is 15.3 Å². The summed E-state index contributed by atoms with van der Waals surface area (Å²) in [6, 6.07) is 11.3. The summed E-state index contributed by atoms with van der Waals surface area (Å²) in [6.45, 7) is 3.17. The first-order valence-corrected chi connectivity index (χ1v) is 8.75. The van der Waals surface area contributed by atoms with Gasteiger partial charge in [-0.05, 0) is 55.0 Å². The van der Waals surface area contributed by atoms with E-state index in [1.165, 1.54) is 40.6 Å². The molecule has 3 heterocycles. The van der Waals surface area contributed by atoms with Gasteiger partial charge >= 0.3 is 0 Å². The summed E-state index contributed by atoms with van der Waals surface area (Å²) in [5, 5.41) is 5.07. The standard InChI is InChI=1S/C21H21N3/c1-13-5-6-14(11-22-13)7-8-16-3-2-4-17-20-18-9-15(12-23-18)10-19(20)24-21(16)17/h2-8,11,15,18,23-24H,9-10,12H2,1H3/b8-7+. The molecule has 0 saturated carbocycles. The van der Waals surface area contributed by atoms with E-state index < -0.39 is 0 Å². The molecule has 0 amide bonds. The first-order chi connectivity index (χ1) is 11.8. The van der Waals surface area contributed by atoms with E-state index in [1.54, 1.807) is 0 Å². The van der Waals surface area contributed by atoms with Crippen LogP contribution in [0.5, 0.6) is 0 Å². The molecule has 2 bridgehead atoms. The Kier molecular flexibility index (Phi) is 3.10. The highest BCUT2D eigenvalue weighted by Crippen LogP contribution is 2.42. The molecule has 2 aliphatic rings. The molecule has 1 aromatic carbocycles. The van der Waals surface area contributed by atoms with Gasteiger partial charge in [0.1, 0.15) is 0 Å². The quantitative estimate of drug-likeness (QED) is 0.742. The summed E-state index contributed by atoms with van der Waals surface area (Å²) >= 11 is 0. The molecule has 3 heteroatoms. The number of hydrogen-bond acceptors (Lipinski definition) is 2. The van der Waals surface area contributed by atoms with Gasteiger partial charge in [0.15, 0.2) is 0 Å². The van der Waals surface area contributed by atoms with Crippen LogP contribution in [0, 0.1) is 12.8 Å². The SMILES string of the molecule is Cc1ccc(/C=C/c2cccc3c4c([nH]c23)CC2CNC4C2)cn1. The molecule has 1 fully saturated rings. The molecule has 24 heavy (non-hydrogen) atoms. The second-order valence-corrected chi connectivity index (χ2v) is 7.12. The fourth-order valence-corrected chi connectivity index (χ4v) is 4.25. The Morgan fingerprint density at radius 2 is 2.12 bits per heavy atom. The molecule has 3 aromatic rings. The number of hydrogen-bond donors (Lipinski definition) is 2. The Balaban J connectivity index is 1.58. The van der Waals surface area contributed by atoms with Crippen LogP contribution in [-0.4, -0.2) is 16.5 Å². The first kappa shape index (κ1) is 14.0. The van der Waals surface area contributed by atoms with E-state index in [-0.39, 0.29) is 0 Å². The molecular formula is C21H21N3. The summed E-state index contributed by atoms with van der Waals surface area (Å²) in [6.07, 6.45) is 8.73. The highest BCUT2D eigenvalue weighted by molar-refractivity contribution is 5.94. The van der Waals surface area contributed by atoms with Crippen molar-refractivity contribution in [3.05, 3.63) is 64.6 Å². The van der Waals surface area contributed by atoms with E-state index in [1.807, 2.05) is 13.1 Å². The third kappa shape index (κ3) is 2.20. The summed E-state index contributed by atoms with van der Waals surface area (Å²) < 4.78 is 0. The molecule has 5 rings (SSSR count). The highest BCUT2D eigenvalue weighted by Gasteiger charge is 2.35. The number of aromatic amines is 1. The lowest BCUT2D eigenvalue weighted by atomic mass is 9.87. The van der Waals surface area contributed by atoms with Gasteiger partial charge in [-0.1, -0.05) is 36.4 Å². The van der Waals surface area contributed by atoms with Gasteiger partial charge in [-0.2, -0.15) is 0 Å². The topological polar surface area (TPSA) is 40.7 Å². The van der Waals surface area contributed by atoms with Crippen LogP contribution < -0.4 is 5.32 Å². The molecule has 2 aromatic heterocycles. The van der Waals surface area contributed by atoms with Crippen molar-refractivity contribution in [2.45, 2.75) is 25.8 Å². The molecular weight excluding hydrogens is 294 g/mol. The lowest BCUT2D eigenvalue weighted by Gasteiger charge is -2.18. The van der Waals surface area contributed by atoms with Gasteiger partial charge in [-0.15, -0.1) is 0 Å². The summed E-state index contributed by atoms with van der Waals surface area (Å²) in [4.78, 5) is 8.09. The van der Waals surface area contributed by atoms with Crippen LogP contribution in [0.4, 0.5) is 0 Å². The Hall–Kier alpha value is -2.39. The Bertz CT molecular complexity index is 934. The summed E-state index contributed by atoms with van der Waals surface area (Å²) in [5.41, 5.74) is 7.65. The molecule has 120 valence electrons. The maximum Gasteiger partial charge on any atom is 0.0533 e. The lowest BCUT2D eigenvalue weighted by Crippen LogP contribution is -2.13. The largest absolute Gasteiger partial charge is 0.358 e. The number of nitrogens with one attached hydrogen (secondary N) is 2. The van der Waals surface area contributed by atoms with Gasteiger partial charge < -0.3 is 10.3 Å². The third-order valence-corrected chi connectivity index (χ3v) is 5.44. The van der Waals surface area contributed by atoms with E-state index in [0.29, 0.717) is 6.04 Å². The number of aromatic nitrogens is 2. The van der Waals surface area contributed by atoms with Gasteiger partial charge in [0.05, 0.1) is 5.52 Å². The summed E-state index contributed by atoms with van der Waals surface area (Å²) in [7, 11) is 0. The Morgan fingerprint density at radius 1 is 1.17 bits per heavy atom. The zero-order valence-electron chi connectivity index (χ0n) is 13.8.